The Morgan fingerprint density at radius 3 is 2.00 bits per heavy atom. The van der Waals surface area contributed by atoms with Crippen LogP contribution in [0.25, 0.3) is 5.69 Å². The van der Waals surface area contributed by atoms with Crippen LogP contribution in [0.5, 0.6) is 0 Å². The summed E-state index contributed by atoms with van der Waals surface area (Å²) in [5.74, 6) is 0.999. The van der Waals surface area contributed by atoms with Crippen LogP contribution in [0.15, 0.2) is 30.6 Å². The normalized spacial score (nSPS) is 10.8. The number of rotatable bonds is 3. The largest absolute Gasteiger partial charge is 1.00 e. The van der Waals surface area contributed by atoms with Crippen LogP contribution in [0.4, 0.5) is 0 Å². The second-order valence-corrected chi connectivity index (χ2v) is 4.99. The first kappa shape index (κ1) is 15.1. The van der Waals surface area contributed by atoms with Crippen LogP contribution in [-0.4, -0.2) is 9.55 Å². The first-order chi connectivity index (χ1) is 8.11. The third kappa shape index (κ3) is 2.88. The van der Waals surface area contributed by atoms with Crippen molar-refractivity contribution < 1.29 is 18.9 Å². The van der Waals surface area contributed by atoms with Gasteiger partial charge in [-0.25, -0.2) is 0 Å². The van der Waals surface area contributed by atoms with E-state index >= 15 is 0 Å². The third-order valence-corrected chi connectivity index (χ3v) is 3.04. The van der Waals surface area contributed by atoms with Crippen LogP contribution in [0, 0.1) is 6.33 Å². The molecule has 0 atom stereocenters. The number of imidazole rings is 1. The minimum absolute atomic E-state index is 0. The summed E-state index contributed by atoms with van der Waals surface area (Å²) in [6, 6.07) is 6.53. The van der Waals surface area contributed by atoms with E-state index in [1.165, 1.54) is 16.8 Å². The van der Waals surface area contributed by atoms with Crippen LogP contribution in [0.1, 0.15) is 50.7 Å². The molecule has 1 heterocycles. The van der Waals surface area contributed by atoms with Crippen LogP contribution in [0.3, 0.4) is 0 Å². The van der Waals surface area contributed by atoms with Gasteiger partial charge < -0.3 is 9.55 Å². The molecule has 0 saturated heterocycles. The Kier molecular flexibility index (Phi) is 5.25. The Balaban J connectivity index is 0.00000162. The molecule has 0 unspecified atom stereocenters. The van der Waals surface area contributed by atoms with Gasteiger partial charge in [-0.3, -0.25) is 0 Å². The molecule has 0 spiro atoms. The van der Waals surface area contributed by atoms with Crippen molar-refractivity contribution in [3.8, 4) is 5.69 Å². The molecular weight excluding hydrogens is 215 g/mol. The first-order valence-electron chi connectivity index (χ1n) is 6.15. The Labute approximate surface area is 122 Å². The monoisotopic (exact) mass is 234 g/mol. The predicted octanol–water partition coefficient (Wildman–Crippen LogP) is 0.923. The number of nitrogens with zero attached hydrogens (tertiary/aromatic N) is 2. The second-order valence-electron chi connectivity index (χ2n) is 4.99. The van der Waals surface area contributed by atoms with Crippen molar-refractivity contribution in [2.24, 2.45) is 0 Å². The number of aromatic nitrogens is 2. The second kappa shape index (κ2) is 6.27. The van der Waals surface area contributed by atoms with Gasteiger partial charge in [0.15, 0.2) is 0 Å². The summed E-state index contributed by atoms with van der Waals surface area (Å²) in [6.45, 7) is 8.89. The SMILES string of the molecule is CC(C)c1cccc(C(C)C)c1-n1[c-]ncc1.[Li+]. The summed E-state index contributed by atoms with van der Waals surface area (Å²) in [5.41, 5.74) is 3.95. The van der Waals surface area contributed by atoms with Gasteiger partial charge in [0.1, 0.15) is 0 Å². The maximum atomic E-state index is 4.04. The van der Waals surface area contributed by atoms with Gasteiger partial charge in [-0.05, 0) is 17.5 Å². The van der Waals surface area contributed by atoms with Crippen LogP contribution >= 0.6 is 0 Å². The molecule has 0 aliphatic carbocycles. The van der Waals surface area contributed by atoms with E-state index < -0.39 is 0 Å². The Morgan fingerprint density at radius 2 is 1.61 bits per heavy atom. The summed E-state index contributed by atoms with van der Waals surface area (Å²) in [7, 11) is 0. The minimum atomic E-state index is 0. The molecule has 1 aromatic carbocycles. The Bertz CT molecular complexity index is 461. The zero-order valence-electron chi connectivity index (χ0n) is 11.9. The van der Waals surface area contributed by atoms with E-state index in [0.29, 0.717) is 11.8 Å². The molecule has 0 amide bonds. The first-order valence-corrected chi connectivity index (χ1v) is 6.15. The molecule has 0 radical (unpaired) electrons. The predicted molar refractivity (Wildman–Crippen MR) is 70.6 cm³/mol. The average Bonchev–Trinajstić information content (AvgIpc) is 2.80. The van der Waals surface area contributed by atoms with Crippen molar-refractivity contribution in [1.29, 1.82) is 0 Å². The number of hydrogen-bond acceptors (Lipinski definition) is 1. The average molecular weight is 234 g/mol. The van der Waals surface area contributed by atoms with Gasteiger partial charge in [-0.15, -0.1) is 0 Å². The summed E-state index contributed by atoms with van der Waals surface area (Å²) < 4.78 is 2.00. The van der Waals surface area contributed by atoms with E-state index in [2.05, 4.69) is 57.2 Å². The molecule has 0 aliphatic heterocycles. The minimum Gasteiger partial charge on any atom is -0.433 e. The molecule has 0 saturated carbocycles. The molecule has 90 valence electrons. The molecule has 3 heteroatoms. The molecule has 1 aromatic heterocycles. The molecule has 0 aliphatic rings. The van der Waals surface area contributed by atoms with Crippen LogP contribution < -0.4 is 18.9 Å². The maximum Gasteiger partial charge on any atom is 1.00 e. The topological polar surface area (TPSA) is 17.8 Å². The van der Waals surface area contributed by atoms with Crippen LogP contribution in [0.2, 0.25) is 0 Å². The molecule has 0 fully saturated rings. The van der Waals surface area contributed by atoms with Crippen LogP contribution in [-0.2, 0) is 0 Å². The zero-order chi connectivity index (χ0) is 12.4. The molecule has 0 N–H and O–H groups in total. The van der Waals surface area contributed by atoms with Gasteiger partial charge >= 0.3 is 18.9 Å². The fraction of sp³-hybridized carbons (Fsp3) is 0.400. The van der Waals surface area contributed by atoms with Gasteiger partial charge in [0.2, 0.25) is 0 Å². The van der Waals surface area contributed by atoms with Gasteiger partial charge in [-0.1, -0.05) is 69.4 Å². The summed E-state index contributed by atoms with van der Waals surface area (Å²) in [5, 5.41) is 0. The van der Waals surface area contributed by atoms with Crippen molar-refractivity contribution in [3.63, 3.8) is 0 Å². The van der Waals surface area contributed by atoms with Gasteiger partial charge in [0.25, 0.3) is 0 Å². The van der Waals surface area contributed by atoms with E-state index in [1.807, 2.05) is 10.8 Å². The van der Waals surface area contributed by atoms with E-state index in [0.717, 1.165) is 0 Å². The molecule has 0 bridgehead atoms. The third-order valence-electron chi connectivity index (χ3n) is 3.04. The fourth-order valence-electron chi connectivity index (χ4n) is 2.14. The van der Waals surface area contributed by atoms with Crippen molar-refractivity contribution in [2.45, 2.75) is 39.5 Å². The van der Waals surface area contributed by atoms with Crippen molar-refractivity contribution in [2.75, 3.05) is 0 Å². The van der Waals surface area contributed by atoms with Gasteiger partial charge in [-0.2, -0.15) is 0 Å². The Hall–Kier alpha value is -0.973. The van der Waals surface area contributed by atoms with Crippen molar-refractivity contribution in [3.05, 3.63) is 48.0 Å². The van der Waals surface area contributed by atoms with E-state index in [4.69, 9.17) is 0 Å². The zero-order valence-corrected chi connectivity index (χ0v) is 11.9. The number of para-hydroxylation sites is 1. The summed E-state index contributed by atoms with van der Waals surface area (Å²) in [6.07, 6.45) is 6.76. The molecule has 2 nitrogen and oxygen atoms in total. The van der Waals surface area contributed by atoms with Gasteiger partial charge in [0, 0.05) is 6.33 Å². The van der Waals surface area contributed by atoms with E-state index in [-0.39, 0.29) is 18.9 Å². The Morgan fingerprint density at radius 1 is 1.06 bits per heavy atom. The molecule has 2 aromatic rings. The molecular formula is C15H19LiN2. The van der Waals surface area contributed by atoms with Gasteiger partial charge in [0.05, 0.1) is 0 Å². The quantitative estimate of drug-likeness (QED) is 0.570. The molecule has 2 rings (SSSR count). The number of hydrogen-bond donors (Lipinski definition) is 0. The molecule has 18 heavy (non-hydrogen) atoms. The smallest absolute Gasteiger partial charge is 0.433 e. The summed E-state index contributed by atoms with van der Waals surface area (Å²) in [4.78, 5) is 4.04. The van der Waals surface area contributed by atoms with Crippen molar-refractivity contribution >= 4 is 0 Å². The number of benzene rings is 1. The van der Waals surface area contributed by atoms with Crippen molar-refractivity contribution in [1.82, 2.24) is 9.55 Å². The van der Waals surface area contributed by atoms with E-state index in [9.17, 15) is 0 Å². The maximum absolute atomic E-state index is 4.04. The standard InChI is InChI=1S/C15H19N2.Li/c1-11(2)13-6-5-7-14(12(3)4)15(13)17-9-8-16-10-17;/h5-9,11-12H,1-4H3;/q-1;+1. The fourth-order valence-corrected chi connectivity index (χ4v) is 2.14. The summed E-state index contributed by atoms with van der Waals surface area (Å²) >= 11 is 0. The van der Waals surface area contributed by atoms with E-state index in [1.54, 1.807) is 6.20 Å².